The second-order valence-electron chi connectivity index (χ2n) is 5.21. The molecule has 0 fully saturated rings. The van der Waals surface area contributed by atoms with E-state index >= 15 is 0 Å². The number of hydrogen-bond donors (Lipinski definition) is 0. The first-order valence-electron chi connectivity index (χ1n) is 7.32. The van der Waals surface area contributed by atoms with Crippen LogP contribution >= 0.6 is 11.8 Å². The van der Waals surface area contributed by atoms with Crippen LogP contribution in [0.2, 0.25) is 0 Å². The van der Waals surface area contributed by atoms with E-state index in [0.29, 0.717) is 0 Å². The number of nitrogens with zero attached hydrogens (tertiary/aromatic N) is 4. The summed E-state index contributed by atoms with van der Waals surface area (Å²) in [6, 6.07) is 8.78. The standard InChI is InChI=1S/C16H14N4O4S/c1-10-5-6-11(2)13(8-10)23-9-14-18-19-16(24-14)25-15-12(20(21)22)4-3-7-17-15/h3-8H,9H2,1-2H3. The second kappa shape index (κ2) is 7.31. The Morgan fingerprint density at radius 1 is 1.28 bits per heavy atom. The van der Waals surface area contributed by atoms with E-state index in [4.69, 9.17) is 9.15 Å². The molecule has 3 aromatic rings. The number of aryl methyl sites for hydroxylation is 2. The fourth-order valence-electron chi connectivity index (χ4n) is 2.02. The molecular weight excluding hydrogens is 344 g/mol. The average Bonchev–Trinajstić information content (AvgIpc) is 3.03. The van der Waals surface area contributed by atoms with Gasteiger partial charge in [-0.25, -0.2) is 4.98 Å². The molecule has 0 amide bonds. The maximum atomic E-state index is 11.0. The number of hydrogen-bond acceptors (Lipinski definition) is 8. The highest BCUT2D eigenvalue weighted by Crippen LogP contribution is 2.31. The van der Waals surface area contributed by atoms with E-state index in [1.807, 2.05) is 32.0 Å². The zero-order chi connectivity index (χ0) is 17.8. The fourth-order valence-corrected chi connectivity index (χ4v) is 2.77. The molecule has 0 bridgehead atoms. The molecule has 128 valence electrons. The highest BCUT2D eigenvalue weighted by Gasteiger charge is 2.18. The molecule has 0 saturated heterocycles. The van der Waals surface area contributed by atoms with Crippen molar-refractivity contribution in [1.29, 1.82) is 0 Å². The Balaban J connectivity index is 1.69. The van der Waals surface area contributed by atoms with Gasteiger partial charge in [0, 0.05) is 12.3 Å². The van der Waals surface area contributed by atoms with Gasteiger partial charge in [-0.05, 0) is 48.9 Å². The first-order valence-corrected chi connectivity index (χ1v) is 8.14. The van der Waals surface area contributed by atoms with E-state index < -0.39 is 4.92 Å². The van der Waals surface area contributed by atoms with Gasteiger partial charge in [0.15, 0.2) is 11.6 Å². The zero-order valence-electron chi connectivity index (χ0n) is 13.5. The zero-order valence-corrected chi connectivity index (χ0v) is 14.3. The number of aromatic nitrogens is 3. The third kappa shape index (κ3) is 4.13. The van der Waals surface area contributed by atoms with Crippen LogP contribution < -0.4 is 4.74 Å². The van der Waals surface area contributed by atoms with E-state index in [0.717, 1.165) is 28.6 Å². The molecular formula is C16H14N4O4S. The van der Waals surface area contributed by atoms with Crippen molar-refractivity contribution in [3.63, 3.8) is 0 Å². The minimum Gasteiger partial charge on any atom is -0.484 e. The van der Waals surface area contributed by atoms with Crippen LogP contribution in [-0.4, -0.2) is 20.1 Å². The van der Waals surface area contributed by atoms with Crippen LogP contribution in [-0.2, 0) is 6.61 Å². The third-order valence-electron chi connectivity index (χ3n) is 3.27. The molecule has 3 rings (SSSR count). The lowest BCUT2D eigenvalue weighted by Gasteiger charge is -2.07. The molecule has 0 atom stereocenters. The van der Waals surface area contributed by atoms with Crippen LogP contribution in [0.5, 0.6) is 5.75 Å². The summed E-state index contributed by atoms with van der Waals surface area (Å²) in [6.07, 6.45) is 1.47. The summed E-state index contributed by atoms with van der Waals surface area (Å²) in [6.45, 7) is 4.04. The van der Waals surface area contributed by atoms with Crippen molar-refractivity contribution in [3.05, 3.63) is 63.7 Å². The lowest BCUT2D eigenvalue weighted by Crippen LogP contribution is -1.97. The number of rotatable bonds is 6. The van der Waals surface area contributed by atoms with Gasteiger partial charge in [0.25, 0.3) is 11.1 Å². The minimum atomic E-state index is -0.504. The first-order chi connectivity index (χ1) is 12.0. The van der Waals surface area contributed by atoms with E-state index in [-0.39, 0.29) is 28.4 Å². The lowest BCUT2D eigenvalue weighted by atomic mass is 10.1. The van der Waals surface area contributed by atoms with E-state index in [1.54, 1.807) is 0 Å². The molecule has 0 N–H and O–H groups in total. The predicted octanol–water partition coefficient (Wildman–Crippen LogP) is 3.72. The van der Waals surface area contributed by atoms with Gasteiger partial charge in [-0.1, -0.05) is 12.1 Å². The van der Waals surface area contributed by atoms with E-state index in [9.17, 15) is 10.1 Å². The van der Waals surface area contributed by atoms with E-state index in [2.05, 4.69) is 15.2 Å². The van der Waals surface area contributed by atoms with Crippen molar-refractivity contribution in [3.8, 4) is 5.75 Å². The van der Waals surface area contributed by atoms with Crippen molar-refractivity contribution in [2.24, 2.45) is 0 Å². The highest BCUT2D eigenvalue weighted by atomic mass is 32.2. The van der Waals surface area contributed by atoms with Gasteiger partial charge in [-0.3, -0.25) is 10.1 Å². The van der Waals surface area contributed by atoms with Gasteiger partial charge in [-0.2, -0.15) is 0 Å². The van der Waals surface area contributed by atoms with Gasteiger partial charge in [-0.15, -0.1) is 10.2 Å². The smallest absolute Gasteiger partial charge is 0.301 e. The van der Waals surface area contributed by atoms with Crippen LogP contribution in [0, 0.1) is 24.0 Å². The normalized spacial score (nSPS) is 10.6. The maximum absolute atomic E-state index is 11.0. The fraction of sp³-hybridized carbons (Fsp3) is 0.188. The van der Waals surface area contributed by atoms with Crippen molar-refractivity contribution < 1.29 is 14.1 Å². The summed E-state index contributed by atoms with van der Waals surface area (Å²) in [5.41, 5.74) is 1.98. The van der Waals surface area contributed by atoms with Crippen LogP contribution in [0.15, 0.2) is 51.2 Å². The molecule has 9 heteroatoms. The van der Waals surface area contributed by atoms with Gasteiger partial charge < -0.3 is 9.15 Å². The van der Waals surface area contributed by atoms with Crippen molar-refractivity contribution >= 4 is 17.4 Å². The summed E-state index contributed by atoms with van der Waals surface area (Å²) < 4.78 is 11.2. The molecule has 2 heterocycles. The predicted molar refractivity (Wildman–Crippen MR) is 89.6 cm³/mol. The molecule has 8 nitrogen and oxygen atoms in total. The molecule has 0 radical (unpaired) electrons. The van der Waals surface area contributed by atoms with Crippen LogP contribution in [0.4, 0.5) is 5.69 Å². The molecule has 0 aliphatic heterocycles. The van der Waals surface area contributed by atoms with Crippen molar-refractivity contribution in [1.82, 2.24) is 15.2 Å². The summed E-state index contributed by atoms with van der Waals surface area (Å²) in [7, 11) is 0. The molecule has 2 aromatic heterocycles. The Bertz CT molecular complexity index is 913. The summed E-state index contributed by atoms with van der Waals surface area (Å²) in [5, 5.41) is 19.1. The molecule has 0 aliphatic rings. The highest BCUT2D eigenvalue weighted by molar-refractivity contribution is 7.99. The monoisotopic (exact) mass is 358 g/mol. The maximum Gasteiger partial charge on any atom is 0.301 e. The van der Waals surface area contributed by atoms with E-state index in [1.165, 1.54) is 18.3 Å². The largest absolute Gasteiger partial charge is 0.484 e. The molecule has 0 unspecified atom stereocenters. The topological polar surface area (TPSA) is 104 Å². The third-order valence-corrected chi connectivity index (χ3v) is 4.12. The molecule has 0 aliphatic carbocycles. The van der Waals surface area contributed by atoms with Crippen LogP contribution in [0.3, 0.4) is 0 Å². The molecule has 0 saturated carbocycles. The Morgan fingerprint density at radius 2 is 2.12 bits per heavy atom. The number of ether oxygens (including phenoxy) is 1. The van der Waals surface area contributed by atoms with Gasteiger partial charge in [0.05, 0.1) is 4.92 Å². The lowest BCUT2D eigenvalue weighted by molar-refractivity contribution is -0.388. The molecule has 25 heavy (non-hydrogen) atoms. The van der Waals surface area contributed by atoms with Crippen molar-refractivity contribution in [2.75, 3.05) is 0 Å². The molecule has 1 aromatic carbocycles. The van der Waals surface area contributed by atoms with Gasteiger partial charge in [0.1, 0.15) is 5.75 Å². The van der Waals surface area contributed by atoms with Gasteiger partial charge >= 0.3 is 5.69 Å². The Morgan fingerprint density at radius 3 is 2.92 bits per heavy atom. The quantitative estimate of drug-likeness (QED) is 0.485. The summed E-state index contributed by atoms with van der Waals surface area (Å²) in [5.74, 6) is 1.02. The number of nitro groups is 1. The number of pyridine rings is 1. The SMILES string of the molecule is Cc1ccc(C)c(OCc2nnc(Sc3ncccc3[N+](=O)[O-])o2)c1. The average molecular weight is 358 g/mol. The van der Waals surface area contributed by atoms with Crippen molar-refractivity contribution in [2.45, 2.75) is 30.7 Å². The minimum absolute atomic E-state index is 0.112. The molecule has 0 spiro atoms. The second-order valence-corrected chi connectivity index (χ2v) is 6.15. The van der Waals surface area contributed by atoms with Gasteiger partial charge in [0.2, 0.25) is 0 Å². The Hall–Kier alpha value is -2.94. The Kier molecular flexibility index (Phi) is 4.94. The number of benzene rings is 1. The Labute approximate surface area is 147 Å². The van der Waals surface area contributed by atoms with Crippen LogP contribution in [0.25, 0.3) is 0 Å². The first kappa shape index (κ1) is 16.9. The van der Waals surface area contributed by atoms with Crippen LogP contribution in [0.1, 0.15) is 17.0 Å². The summed E-state index contributed by atoms with van der Waals surface area (Å²) in [4.78, 5) is 14.5. The summed E-state index contributed by atoms with van der Waals surface area (Å²) >= 11 is 0.942.